The maximum atomic E-state index is 11.1. The lowest BCUT2D eigenvalue weighted by molar-refractivity contribution is -0.384. The van der Waals surface area contributed by atoms with E-state index < -0.39 is 4.92 Å². The van der Waals surface area contributed by atoms with Crippen LogP contribution in [0.1, 0.15) is 5.56 Å². The maximum absolute atomic E-state index is 11.1. The number of hydrogen-bond donors (Lipinski definition) is 2. The Morgan fingerprint density at radius 3 is 2.81 bits per heavy atom. The molecule has 0 aliphatic heterocycles. The molecule has 0 amide bonds. The Kier molecular flexibility index (Phi) is 3.65. The number of fused-ring (bicyclic) bond motifs is 3. The van der Waals surface area contributed by atoms with Crippen LogP contribution in [0, 0.1) is 17.0 Å². The number of methoxy groups -OCH3 is 1. The molecular weight excluding hydrogens is 334 g/mol. The first-order chi connectivity index (χ1) is 12.6. The number of H-pyrrole nitrogens is 1. The third-order valence-electron chi connectivity index (χ3n) is 4.18. The van der Waals surface area contributed by atoms with Gasteiger partial charge in [-0.2, -0.15) is 0 Å². The molecule has 0 unspecified atom stereocenters. The van der Waals surface area contributed by atoms with E-state index in [1.165, 1.54) is 25.6 Å². The molecule has 4 aromatic rings. The number of nitro groups is 1. The summed E-state index contributed by atoms with van der Waals surface area (Å²) in [6.45, 7) is 2.02. The molecule has 2 aromatic heterocycles. The van der Waals surface area contributed by atoms with E-state index in [-0.39, 0.29) is 5.69 Å². The SMILES string of the molecule is COc1ccc([N+](=O)[O-])cc1Nc1ncnc2c1[nH]c1ccc(C)cc12. The zero-order valence-electron chi connectivity index (χ0n) is 14.1. The number of nitrogens with zero attached hydrogens (tertiary/aromatic N) is 3. The highest BCUT2D eigenvalue weighted by Gasteiger charge is 2.15. The minimum Gasteiger partial charge on any atom is -0.495 e. The number of rotatable bonds is 4. The van der Waals surface area contributed by atoms with Gasteiger partial charge in [0, 0.05) is 23.0 Å². The third-order valence-corrected chi connectivity index (χ3v) is 4.18. The molecule has 26 heavy (non-hydrogen) atoms. The molecule has 0 radical (unpaired) electrons. The molecule has 8 nitrogen and oxygen atoms in total. The number of benzene rings is 2. The molecule has 0 spiro atoms. The van der Waals surface area contributed by atoms with Gasteiger partial charge < -0.3 is 15.0 Å². The van der Waals surface area contributed by atoms with Gasteiger partial charge in [0.25, 0.3) is 5.69 Å². The summed E-state index contributed by atoms with van der Waals surface area (Å²) < 4.78 is 5.30. The molecule has 0 aliphatic rings. The van der Waals surface area contributed by atoms with Crippen LogP contribution >= 0.6 is 0 Å². The van der Waals surface area contributed by atoms with Crippen LogP contribution in [0.5, 0.6) is 5.75 Å². The minimum absolute atomic E-state index is 0.0362. The predicted octanol–water partition coefficient (Wildman–Crippen LogP) is 4.08. The Morgan fingerprint density at radius 1 is 1.19 bits per heavy atom. The first kappa shape index (κ1) is 15.8. The Morgan fingerprint density at radius 2 is 2.04 bits per heavy atom. The second kappa shape index (κ2) is 5.99. The van der Waals surface area contributed by atoms with Crippen LogP contribution in [0.3, 0.4) is 0 Å². The highest BCUT2D eigenvalue weighted by molar-refractivity contribution is 6.08. The monoisotopic (exact) mass is 349 g/mol. The van der Waals surface area contributed by atoms with Gasteiger partial charge in [-0.3, -0.25) is 10.1 Å². The van der Waals surface area contributed by atoms with Crippen molar-refractivity contribution in [2.24, 2.45) is 0 Å². The number of aromatic nitrogens is 3. The van der Waals surface area contributed by atoms with Crippen molar-refractivity contribution in [3.8, 4) is 5.75 Å². The molecule has 130 valence electrons. The molecule has 0 fully saturated rings. The number of anilines is 2. The number of nitrogens with one attached hydrogen (secondary N) is 2. The van der Waals surface area contributed by atoms with Gasteiger partial charge in [-0.25, -0.2) is 9.97 Å². The summed E-state index contributed by atoms with van der Waals surface area (Å²) in [7, 11) is 1.51. The van der Waals surface area contributed by atoms with Crippen LogP contribution in [0.25, 0.3) is 21.9 Å². The molecule has 2 heterocycles. The average Bonchev–Trinajstić information content (AvgIpc) is 3.00. The number of non-ortho nitro benzene ring substituents is 1. The quantitative estimate of drug-likeness (QED) is 0.425. The van der Waals surface area contributed by atoms with E-state index in [0.29, 0.717) is 17.3 Å². The van der Waals surface area contributed by atoms with E-state index in [4.69, 9.17) is 4.74 Å². The second-order valence-corrected chi connectivity index (χ2v) is 5.89. The zero-order valence-corrected chi connectivity index (χ0v) is 14.1. The molecule has 0 aliphatic carbocycles. The summed E-state index contributed by atoms with van der Waals surface area (Å²) in [6.07, 6.45) is 1.46. The topological polar surface area (TPSA) is 106 Å². The Hall–Kier alpha value is -3.68. The normalized spacial score (nSPS) is 11.0. The summed E-state index contributed by atoms with van der Waals surface area (Å²) in [5.41, 5.74) is 4.00. The molecule has 4 rings (SSSR count). The smallest absolute Gasteiger partial charge is 0.271 e. The van der Waals surface area contributed by atoms with Crippen LogP contribution in [0.15, 0.2) is 42.7 Å². The van der Waals surface area contributed by atoms with Gasteiger partial charge in [0.15, 0.2) is 5.82 Å². The van der Waals surface area contributed by atoms with E-state index in [2.05, 4.69) is 26.3 Å². The summed E-state index contributed by atoms with van der Waals surface area (Å²) in [4.78, 5) is 22.6. The number of aryl methyl sites for hydroxylation is 1. The Labute approximate surface area is 148 Å². The number of hydrogen-bond acceptors (Lipinski definition) is 6. The lowest BCUT2D eigenvalue weighted by atomic mass is 10.1. The van der Waals surface area contributed by atoms with Crippen molar-refractivity contribution in [1.82, 2.24) is 15.0 Å². The molecule has 0 saturated heterocycles. The van der Waals surface area contributed by atoms with Gasteiger partial charge in [-0.1, -0.05) is 11.6 Å². The van der Waals surface area contributed by atoms with Crippen molar-refractivity contribution in [2.75, 3.05) is 12.4 Å². The number of nitro benzene ring substituents is 1. The van der Waals surface area contributed by atoms with Gasteiger partial charge >= 0.3 is 0 Å². The summed E-state index contributed by atoms with van der Waals surface area (Å²) in [6, 6.07) is 10.4. The molecule has 2 N–H and O–H groups in total. The van der Waals surface area contributed by atoms with E-state index in [1.54, 1.807) is 6.07 Å². The second-order valence-electron chi connectivity index (χ2n) is 5.89. The van der Waals surface area contributed by atoms with E-state index in [9.17, 15) is 10.1 Å². The van der Waals surface area contributed by atoms with Gasteiger partial charge in [0.2, 0.25) is 0 Å². The van der Waals surface area contributed by atoms with Crippen molar-refractivity contribution >= 4 is 39.1 Å². The van der Waals surface area contributed by atoms with Crippen molar-refractivity contribution < 1.29 is 9.66 Å². The first-order valence-corrected chi connectivity index (χ1v) is 7.89. The summed E-state index contributed by atoms with van der Waals surface area (Å²) in [5.74, 6) is 0.997. The van der Waals surface area contributed by atoms with E-state index >= 15 is 0 Å². The highest BCUT2D eigenvalue weighted by Crippen LogP contribution is 2.34. The predicted molar refractivity (Wildman–Crippen MR) is 99.1 cm³/mol. The number of ether oxygens (including phenoxy) is 1. The van der Waals surface area contributed by atoms with Crippen LogP contribution in [-0.4, -0.2) is 27.0 Å². The molecule has 2 aromatic carbocycles. The van der Waals surface area contributed by atoms with Crippen LogP contribution in [0.4, 0.5) is 17.2 Å². The minimum atomic E-state index is -0.452. The average molecular weight is 349 g/mol. The van der Waals surface area contributed by atoms with Crippen molar-refractivity contribution in [3.05, 3.63) is 58.4 Å². The van der Waals surface area contributed by atoms with Crippen molar-refractivity contribution in [2.45, 2.75) is 6.92 Å². The summed E-state index contributed by atoms with van der Waals surface area (Å²) in [5, 5.41) is 15.2. The van der Waals surface area contributed by atoms with Gasteiger partial charge in [0.05, 0.1) is 17.7 Å². The summed E-state index contributed by atoms with van der Waals surface area (Å²) >= 11 is 0. The zero-order chi connectivity index (χ0) is 18.3. The molecule has 0 bridgehead atoms. The first-order valence-electron chi connectivity index (χ1n) is 7.89. The molecular formula is C18H15N5O3. The Bertz CT molecular complexity index is 1150. The number of aromatic amines is 1. The molecule has 0 saturated carbocycles. The van der Waals surface area contributed by atoms with Crippen LogP contribution in [-0.2, 0) is 0 Å². The standard InChI is InChI=1S/C18H15N5O3/c1-10-3-5-13-12(7-10)16-17(21-13)18(20-9-19-16)22-14-8-11(23(24)25)4-6-15(14)26-2/h3-9,21H,1-2H3,(H,19,20,22). The fourth-order valence-corrected chi connectivity index (χ4v) is 2.94. The molecule has 8 heteroatoms. The van der Waals surface area contributed by atoms with Crippen molar-refractivity contribution in [1.29, 1.82) is 0 Å². The maximum Gasteiger partial charge on any atom is 0.271 e. The fourth-order valence-electron chi connectivity index (χ4n) is 2.94. The largest absolute Gasteiger partial charge is 0.495 e. The van der Waals surface area contributed by atoms with Crippen LogP contribution in [0.2, 0.25) is 0 Å². The fraction of sp³-hybridized carbons (Fsp3) is 0.111. The van der Waals surface area contributed by atoms with E-state index in [1.807, 2.05) is 19.1 Å². The molecule has 0 atom stereocenters. The Balaban J connectivity index is 1.87. The van der Waals surface area contributed by atoms with Crippen molar-refractivity contribution in [3.63, 3.8) is 0 Å². The third kappa shape index (κ3) is 2.57. The van der Waals surface area contributed by atoms with Gasteiger partial charge in [-0.15, -0.1) is 0 Å². The van der Waals surface area contributed by atoms with Gasteiger partial charge in [0.1, 0.15) is 23.1 Å². The lowest BCUT2D eigenvalue weighted by Crippen LogP contribution is -1.99. The lowest BCUT2D eigenvalue weighted by Gasteiger charge is -2.10. The van der Waals surface area contributed by atoms with E-state index in [0.717, 1.165) is 27.5 Å². The van der Waals surface area contributed by atoms with Gasteiger partial charge in [-0.05, 0) is 25.1 Å². The van der Waals surface area contributed by atoms with Crippen LogP contribution < -0.4 is 10.1 Å². The highest BCUT2D eigenvalue weighted by atomic mass is 16.6.